The standard InChI is InChI=1S/C28H32N4O/c1-20-9-8-12-22(17-20)26-29-18-25(28(33)31(2)24-13-4-3-5-14-24)27(30-26)32-16-15-21-10-6-7-11-23(21)19-32/h6-12,17-18,24H,3-5,13-16,19H2,1-2H3. The first-order valence-corrected chi connectivity index (χ1v) is 12.1. The van der Waals surface area contributed by atoms with Crippen LogP contribution < -0.4 is 4.90 Å². The Morgan fingerprint density at radius 2 is 1.82 bits per heavy atom. The van der Waals surface area contributed by atoms with Gasteiger partial charge in [0.25, 0.3) is 5.91 Å². The summed E-state index contributed by atoms with van der Waals surface area (Å²) in [6.07, 6.45) is 8.52. The van der Waals surface area contributed by atoms with Gasteiger partial charge in [-0.25, -0.2) is 9.97 Å². The van der Waals surface area contributed by atoms with Gasteiger partial charge in [-0.1, -0.05) is 67.3 Å². The zero-order valence-electron chi connectivity index (χ0n) is 19.6. The number of hydrogen-bond donors (Lipinski definition) is 0. The molecule has 5 nitrogen and oxygen atoms in total. The molecule has 170 valence electrons. The molecule has 0 spiro atoms. The SMILES string of the molecule is Cc1cccc(-c2ncc(C(=O)N(C)C3CCCCC3)c(N3CCc4ccccc4C3)n2)c1. The second-order valence-electron chi connectivity index (χ2n) is 9.45. The molecule has 1 fully saturated rings. The first kappa shape index (κ1) is 21.6. The van der Waals surface area contributed by atoms with Gasteiger partial charge in [0.15, 0.2) is 5.82 Å². The Bertz CT molecular complexity index is 1150. The summed E-state index contributed by atoms with van der Waals surface area (Å²) < 4.78 is 0. The van der Waals surface area contributed by atoms with Crippen LogP contribution in [0.2, 0.25) is 0 Å². The number of carbonyl (C=O) groups excluding carboxylic acids is 1. The predicted octanol–water partition coefficient (Wildman–Crippen LogP) is 5.42. The molecule has 0 atom stereocenters. The van der Waals surface area contributed by atoms with Crippen LogP contribution in [0.25, 0.3) is 11.4 Å². The van der Waals surface area contributed by atoms with Crippen LogP contribution in [0, 0.1) is 6.92 Å². The molecule has 1 aliphatic carbocycles. The third-order valence-electron chi connectivity index (χ3n) is 7.15. The number of hydrogen-bond acceptors (Lipinski definition) is 4. The van der Waals surface area contributed by atoms with E-state index >= 15 is 0 Å². The predicted molar refractivity (Wildman–Crippen MR) is 132 cm³/mol. The molecule has 2 aromatic carbocycles. The number of amides is 1. The van der Waals surface area contributed by atoms with Crippen LogP contribution in [0.15, 0.2) is 54.7 Å². The van der Waals surface area contributed by atoms with Gasteiger partial charge < -0.3 is 9.80 Å². The molecule has 3 aromatic rings. The Kier molecular flexibility index (Phi) is 6.12. The molecule has 1 aromatic heterocycles. The number of anilines is 1. The molecule has 1 saturated carbocycles. The lowest BCUT2D eigenvalue weighted by Gasteiger charge is -2.34. The molecule has 1 aliphatic heterocycles. The highest BCUT2D eigenvalue weighted by molar-refractivity contribution is 5.99. The number of carbonyl (C=O) groups is 1. The fourth-order valence-electron chi connectivity index (χ4n) is 5.19. The van der Waals surface area contributed by atoms with Crippen molar-refractivity contribution in [1.29, 1.82) is 0 Å². The Balaban J connectivity index is 1.53. The van der Waals surface area contributed by atoms with Crippen LogP contribution in [-0.4, -0.2) is 40.4 Å². The maximum atomic E-state index is 13.7. The van der Waals surface area contributed by atoms with Gasteiger partial charge in [-0.05, 0) is 43.4 Å². The summed E-state index contributed by atoms with van der Waals surface area (Å²) in [5, 5.41) is 0. The quantitative estimate of drug-likeness (QED) is 0.544. The van der Waals surface area contributed by atoms with Crippen molar-refractivity contribution in [3.05, 3.63) is 77.0 Å². The van der Waals surface area contributed by atoms with Crippen molar-refractivity contribution in [3.63, 3.8) is 0 Å². The lowest BCUT2D eigenvalue weighted by molar-refractivity contribution is 0.0696. The van der Waals surface area contributed by atoms with E-state index in [0.717, 1.165) is 43.7 Å². The van der Waals surface area contributed by atoms with Crippen LogP contribution in [-0.2, 0) is 13.0 Å². The zero-order valence-corrected chi connectivity index (χ0v) is 19.6. The van der Waals surface area contributed by atoms with Gasteiger partial charge in [-0.2, -0.15) is 0 Å². The average Bonchev–Trinajstić information content (AvgIpc) is 2.87. The molecular formula is C28H32N4O. The molecule has 2 aliphatic rings. The number of aromatic nitrogens is 2. The second-order valence-corrected chi connectivity index (χ2v) is 9.45. The fraction of sp³-hybridized carbons (Fsp3) is 0.393. The van der Waals surface area contributed by atoms with Crippen molar-refractivity contribution in [2.75, 3.05) is 18.5 Å². The van der Waals surface area contributed by atoms with Crippen molar-refractivity contribution in [2.45, 2.75) is 58.0 Å². The van der Waals surface area contributed by atoms with Crippen LogP contribution in [0.3, 0.4) is 0 Å². The topological polar surface area (TPSA) is 49.3 Å². The van der Waals surface area contributed by atoms with E-state index in [2.05, 4.69) is 53.2 Å². The van der Waals surface area contributed by atoms with Crippen molar-refractivity contribution in [1.82, 2.24) is 14.9 Å². The van der Waals surface area contributed by atoms with E-state index in [1.165, 1.54) is 36.0 Å². The van der Waals surface area contributed by atoms with Crippen molar-refractivity contribution in [3.8, 4) is 11.4 Å². The fourth-order valence-corrected chi connectivity index (χ4v) is 5.19. The minimum atomic E-state index is 0.0338. The molecule has 33 heavy (non-hydrogen) atoms. The molecule has 1 amide bonds. The summed E-state index contributed by atoms with van der Waals surface area (Å²) in [6, 6.07) is 17.1. The van der Waals surface area contributed by atoms with Gasteiger partial charge in [0.1, 0.15) is 11.4 Å². The lowest BCUT2D eigenvalue weighted by atomic mass is 9.94. The summed E-state index contributed by atoms with van der Waals surface area (Å²) >= 11 is 0. The Hall–Kier alpha value is -3.21. The minimum absolute atomic E-state index is 0.0338. The van der Waals surface area contributed by atoms with E-state index in [-0.39, 0.29) is 5.91 Å². The third-order valence-corrected chi connectivity index (χ3v) is 7.15. The molecule has 0 saturated heterocycles. The molecule has 0 unspecified atom stereocenters. The van der Waals surface area contributed by atoms with Crippen molar-refractivity contribution < 1.29 is 4.79 Å². The van der Waals surface area contributed by atoms with Crippen LogP contribution in [0.4, 0.5) is 5.82 Å². The number of benzene rings is 2. The van der Waals surface area contributed by atoms with Crippen molar-refractivity contribution >= 4 is 11.7 Å². The zero-order chi connectivity index (χ0) is 22.8. The molecule has 0 radical (unpaired) electrons. The number of aryl methyl sites for hydroxylation is 1. The summed E-state index contributed by atoms with van der Waals surface area (Å²) in [4.78, 5) is 27.5. The first-order chi connectivity index (χ1) is 16.1. The highest BCUT2D eigenvalue weighted by Crippen LogP contribution is 2.30. The molecule has 5 heteroatoms. The highest BCUT2D eigenvalue weighted by Gasteiger charge is 2.29. The van der Waals surface area contributed by atoms with E-state index in [1.54, 1.807) is 6.20 Å². The summed E-state index contributed by atoms with van der Waals surface area (Å²) in [7, 11) is 1.95. The van der Waals surface area contributed by atoms with Crippen LogP contribution in [0.5, 0.6) is 0 Å². The lowest BCUT2D eigenvalue weighted by Crippen LogP contribution is -2.40. The summed E-state index contributed by atoms with van der Waals surface area (Å²) in [5.41, 5.74) is 5.45. The van der Waals surface area contributed by atoms with E-state index in [9.17, 15) is 4.79 Å². The number of fused-ring (bicyclic) bond motifs is 1. The normalized spacial score (nSPS) is 16.4. The monoisotopic (exact) mass is 440 g/mol. The van der Waals surface area contributed by atoms with Gasteiger partial charge in [-0.3, -0.25) is 4.79 Å². The van der Waals surface area contributed by atoms with E-state index in [0.29, 0.717) is 17.4 Å². The smallest absolute Gasteiger partial charge is 0.259 e. The van der Waals surface area contributed by atoms with Crippen molar-refractivity contribution in [2.24, 2.45) is 0 Å². The molecule has 0 bridgehead atoms. The van der Waals surface area contributed by atoms with Gasteiger partial charge in [-0.15, -0.1) is 0 Å². The van der Waals surface area contributed by atoms with Gasteiger partial charge in [0, 0.05) is 37.9 Å². The largest absolute Gasteiger partial charge is 0.351 e. The Labute approximate surface area is 196 Å². The number of nitrogens with zero attached hydrogens (tertiary/aromatic N) is 4. The van der Waals surface area contributed by atoms with Crippen LogP contribution in [0.1, 0.15) is 59.2 Å². The molecule has 2 heterocycles. The number of rotatable bonds is 4. The Morgan fingerprint density at radius 1 is 1.03 bits per heavy atom. The molecule has 0 N–H and O–H groups in total. The Morgan fingerprint density at radius 3 is 2.61 bits per heavy atom. The highest BCUT2D eigenvalue weighted by atomic mass is 16.2. The first-order valence-electron chi connectivity index (χ1n) is 12.1. The van der Waals surface area contributed by atoms with E-state index in [4.69, 9.17) is 4.98 Å². The molecule has 5 rings (SSSR count). The van der Waals surface area contributed by atoms with Gasteiger partial charge >= 0.3 is 0 Å². The van der Waals surface area contributed by atoms with Crippen LogP contribution >= 0.6 is 0 Å². The van der Waals surface area contributed by atoms with E-state index in [1.807, 2.05) is 24.1 Å². The van der Waals surface area contributed by atoms with Gasteiger partial charge in [0.05, 0.1) is 0 Å². The second kappa shape index (κ2) is 9.34. The molecular weight excluding hydrogens is 408 g/mol. The maximum Gasteiger partial charge on any atom is 0.259 e. The maximum absolute atomic E-state index is 13.7. The average molecular weight is 441 g/mol. The summed E-state index contributed by atoms with van der Waals surface area (Å²) in [5.74, 6) is 1.46. The summed E-state index contributed by atoms with van der Waals surface area (Å²) in [6.45, 7) is 3.67. The third kappa shape index (κ3) is 4.50. The van der Waals surface area contributed by atoms with Gasteiger partial charge in [0.2, 0.25) is 0 Å². The minimum Gasteiger partial charge on any atom is -0.351 e. The van der Waals surface area contributed by atoms with E-state index < -0.39 is 0 Å².